The fourth-order valence-corrected chi connectivity index (χ4v) is 5.48. The van der Waals surface area contributed by atoms with Gasteiger partial charge in [0.25, 0.3) is 5.91 Å². The largest absolute Gasteiger partial charge is 0.401 e. The van der Waals surface area contributed by atoms with Crippen LogP contribution in [-0.2, 0) is 15.1 Å². The average Bonchev–Trinajstić information content (AvgIpc) is 2.73. The summed E-state index contributed by atoms with van der Waals surface area (Å²) < 4.78 is 43.9. The van der Waals surface area contributed by atoms with Crippen molar-refractivity contribution in [3.8, 4) is 0 Å². The number of piperidine rings is 1. The Kier molecular flexibility index (Phi) is 6.10. The van der Waals surface area contributed by atoms with Crippen LogP contribution in [0.2, 0.25) is 0 Å². The fourth-order valence-electron chi connectivity index (χ4n) is 5.48. The van der Waals surface area contributed by atoms with Gasteiger partial charge < -0.3 is 14.7 Å². The van der Waals surface area contributed by atoms with E-state index in [1.807, 2.05) is 30.3 Å². The zero-order valence-corrected chi connectivity index (χ0v) is 17.0. The third kappa shape index (κ3) is 4.36. The summed E-state index contributed by atoms with van der Waals surface area (Å²) in [5.74, 6) is -0.324. The number of ether oxygens (including phenoxy) is 1. The van der Waals surface area contributed by atoms with Crippen LogP contribution < -0.4 is 0 Å². The minimum Gasteiger partial charge on any atom is -0.385 e. The van der Waals surface area contributed by atoms with Gasteiger partial charge in [0, 0.05) is 31.6 Å². The summed E-state index contributed by atoms with van der Waals surface area (Å²) in [6.07, 6.45) is -1.17. The fraction of sp³-hybridized carbons (Fsp3) is 0.682. The summed E-state index contributed by atoms with van der Waals surface area (Å²) in [7, 11) is 0. The van der Waals surface area contributed by atoms with Gasteiger partial charge in [-0.1, -0.05) is 43.2 Å². The van der Waals surface area contributed by atoms with E-state index in [4.69, 9.17) is 4.74 Å². The van der Waals surface area contributed by atoms with E-state index < -0.39 is 24.4 Å². The van der Waals surface area contributed by atoms with Crippen molar-refractivity contribution in [3.63, 3.8) is 0 Å². The van der Waals surface area contributed by atoms with Crippen molar-refractivity contribution in [2.24, 2.45) is 5.92 Å². The van der Waals surface area contributed by atoms with E-state index in [1.54, 1.807) is 4.90 Å². The molecule has 166 valence electrons. The monoisotopic (exact) mass is 426 g/mol. The Balaban J connectivity index is 1.50. The predicted octanol–water partition coefficient (Wildman–Crippen LogP) is 2.93. The van der Waals surface area contributed by atoms with Crippen molar-refractivity contribution < 1.29 is 27.8 Å². The number of nitrogens with zero attached hydrogens (tertiary/aromatic N) is 2. The Labute approximate surface area is 174 Å². The highest BCUT2D eigenvalue weighted by Crippen LogP contribution is 2.47. The lowest BCUT2D eigenvalue weighted by Crippen LogP contribution is -2.62. The van der Waals surface area contributed by atoms with Gasteiger partial charge in [0.05, 0.1) is 18.8 Å². The van der Waals surface area contributed by atoms with Crippen molar-refractivity contribution in [1.29, 1.82) is 0 Å². The molecule has 30 heavy (non-hydrogen) atoms. The molecule has 5 nitrogen and oxygen atoms in total. The van der Waals surface area contributed by atoms with Gasteiger partial charge in [0.1, 0.15) is 6.10 Å². The molecule has 1 N–H and O–H groups in total. The van der Waals surface area contributed by atoms with Gasteiger partial charge in [-0.3, -0.25) is 9.69 Å². The molecular weight excluding hydrogens is 397 g/mol. The van der Waals surface area contributed by atoms with Crippen LogP contribution in [0.4, 0.5) is 13.2 Å². The molecule has 4 unspecified atom stereocenters. The highest BCUT2D eigenvalue weighted by atomic mass is 19.4. The number of rotatable bonds is 3. The Morgan fingerprint density at radius 2 is 1.90 bits per heavy atom. The van der Waals surface area contributed by atoms with Gasteiger partial charge in [0.15, 0.2) is 0 Å². The molecule has 8 heteroatoms. The molecule has 4 rings (SSSR count). The number of fused-ring (bicyclic) bond motifs is 1. The first kappa shape index (κ1) is 21.6. The summed E-state index contributed by atoms with van der Waals surface area (Å²) in [5, 5.41) is 11.6. The molecule has 0 bridgehead atoms. The molecule has 3 fully saturated rings. The number of alkyl halides is 3. The van der Waals surface area contributed by atoms with E-state index in [9.17, 15) is 23.1 Å². The lowest BCUT2D eigenvalue weighted by atomic mass is 9.66. The molecule has 1 saturated carbocycles. The van der Waals surface area contributed by atoms with E-state index in [0.29, 0.717) is 13.0 Å². The van der Waals surface area contributed by atoms with Crippen molar-refractivity contribution >= 4 is 5.91 Å². The van der Waals surface area contributed by atoms with Gasteiger partial charge >= 0.3 is 6.18 Å². The quantitative estimate of drug-likeness (QED) is 0.808. The zero-order valence-electron chi connectivity index (χ0n) is 17.0. The van der Waals surface area contributed by atoms with Crippen molar-refractivity contribution in [3.05, 3.63) is 35.9 Å². The maximum absolute atomic E-state index is 13.3. The Morgan fingerprint density at radius 1 is 1.17 bits per heavy atom. The number of benzene rings is 1. The first-order chi connectivity index (χ1) is 14.3. The normalized spacial score (nSPS) is 33.2. The first-order valence-corrected chi connectivity index (χ1v) is 10.8. The smallest absolute Gasteiger partial charge is 0.385 e. The molecule has 1 aromatic carbocycles. The van der Waals surface area contributed by atoms with E-state index in [0.717, 1.165) is 31.2 Å². The van der Waals surface area contributed by atoms with E-state index in [1.165, 1.54) is 4.90 Å². The maximum atomic E-state index is 13.3. The number of hydrogen-bond donors (Lipinski definition) is 1. The summed E-state index contributed by atoms with van der Waals surface area (Å²) in [4.78, 5) is 16.3. The molecule has 2 saturated heterocycles. The van der Waals surface area contributed by atoms with Crippen LogP contribution in [0.15, 0.2) is 30.3 Å². The van der Waals surface area contributed by atoms with Crippen molar-refractivity contribution in [2.75, 3.05) is 32.8 Å². The molecule has 3 aliphatic rings. The van der Waals surface area contributed by atoms with Crippen LogP contribution in [-0.4, -0.2) is 71.9 Å². The van der Waals surface area contributed by atoms with Crippen LogP contribution in [0.5, 0.6) is 0 Å². The highest BCUT2D eigenvalue weighted by molar-refractivity contribution is 5.82. The Morgan fingerprint density at radius 3 is 2.63 bits per heavy atom. The molecule has 0 spiro atoms. The number of amides is 1. The second-order valence-electron chi connectivity index (χ2n) is 8.74. The number of halogens is 3. The lowest BCUT2D eigenvalue weighted by Gasteiger charge is -2.53. The van der Waals surface area contributed by atoms with Gasteiger partial charge in [-0.15, -0.1) is 0 Å². The van der Waals surface area contributed by atoms with Crippen molar-refractivity contribution in [1.82, 2.24) is 9.80 Å². The minimum absolute atomic E-state index is 0.0464. The molecule has 2 aliphatic heterocycles. The number of aliphatic hydroxyl groups is 1. The van der Waals surface area contributed by atoms with Gasteiger partial charge in [-0.05, 0) is 24.8 Å². The maximum Gasteiger partial charge on any atom is 0.401 e. The highest BCUT2D eigenvalue weighted by Gasteiger charge is 2.51. The van der Waals surface area contributed by atoms with Crippen molar-refractivity contribution in [2.45, 2.75) is 56.0 Å². The number of carbonyl (C=O) groups is 1. The third-order valence-corrected chi connectivity index (χ3v) is 6.86. The summed E-state index contributed by atoms with van der Waals surface area (Å²) >= 11 is 0. The van der Waals surface area contributed by atoms with Crippen LogP contribution in [0, 0.1) is 5.92 Å². The molecule has 2 heterocycles. The number of carbonyl (C=O) groups excluding carboxylic acids is 1. The number of morpholine rings is 1. The van der Waals surface area contributed by atoms with Gasteiger partial charge in [-0.2, -0.15) is 13.2 Å². The second-order valence-corrected chi connectivity index (χ2v) is 8.74. The summed E-state index contributed by atoms with van der Waals surface area (Å²) in [6, 6.07) is 9.48. The van der Waals surface area contributed by atoms with Crippen LogP contribution in [0.1, 0.15) is 37.7 Å². The topological polar surface area (TPSA) is 53.0 Å². The number of hydrogen-bond acceptors (Lipinski definition) is 4. The van der Waals surface area contributed by atoms with Crippen LogP contribution in [0.25, 0.3) is 0 Å². The van der Waals surface area contributed by atoms with Crippen LogP contribution >= 0.6 is 0 Å². The first-order valence-electron chi connectivity index (χ1n) is 10.8. The Hall–Kier alpha value is -1.64. The van der Waals surface area contributed by atoms with E-state index in [2.05, 4.69) is 0 Å². The molecule has 4 atom stereocenters. The van der Waals surface area contributed by atoms with E-state index >= 15 is 0 Å². The summed E-state index contributed by atoms with van der Waals surface area (Å²) in [5.41, 5.74) is -0.113. The predicted molar refractivity (Wildman–Crippen MR) is 105 cm³/mol. The van der Waals surface area contributed by atoms with Crippen LogP contribution in [0.3, 0.4) is 0 Å². The third-order valence-electron chi connectivity index (χ3n) is 6.86. The standard InChI is InChI=1S/C22H29F3N2O3/c23-22(24,25)15-26-12-13-30-19(14-26)20(28)27-11-10-21(29,16-6-2-1-3-7-16)17-8-4-5-9-18(17)27/h1-3,6-7,17-19,29H,4-5,8-15H2. The zero-order chi connectivity index (χ0) is 21.4. The SMILES string of the molecule is O=C(C1CN(CC(F)(F)F)CCO1)N1CCC(O)(c2ccccc2)C2CCCCC21. The van der Waals surface area contributed by atoms with Gasteiger partial charge in [0.2, 0.25) is 0 Å². The summed E-state index contributed by atoms with van der Waals surface area (Å²) in [6.45, 7) is -0.412. The molecular formula is C22H29F3N2O3. The average molecular weight is 426 g/mol. The lowest BCUT2D eigenvalue weighted by molar-refractivity contribution is -0.179. The number of likely N-dealkylation sites (tertiary alicyclic amines) is 1. The minimum atomic E-state index is -4.29. The second kappa shape index (κ2) is 8.48. The van der Waals surface area contributed by atoms with Gasteiger partial charge in [-0.25, -0.2) is 0 Å². The molecule has 1 amide bonds. The Bertz CT molecular complexity index is 745. The molecule has 1 aliphatic carbocycles. The molecule has 1 aromatic rings. The molecule has 0 radical (unpaired) electrons. The van der Waals surface area contributed by atoms with E-state index in [-0.39, 0.29) is 37.6 Å². The molecule has 0 aromatic heterocycles.